The van der Waals surface area contributed by atoms with Crippen LogP contribution >= 0.6 is 0 Å². The monoisotopic (exact) mass is 444 g/mol. The molecular formula is C21H32O5Se. The molecule has 7 atom stereocenters. The van der Waals surface area contributed by atoms with E-state index in [0.717, 1.165) is 25.7 Å². The number of fused-ring (bicyclic) bond motifs is 5. The van der Waals surface area contributed by atoms with Gasteiger partial charge in [0.15, 0.2) is 11.6 Å². The van der Waals surface area contributed by atoms with E-state index in [4.69, 9.17) is 0 Å². The van der Waals surface area contributed by atoms with E-state index in [0.29, 0.717) is 19.3 Å². The number of carbonyl (C=O) groups is 2. The van der Waals surface area contributed by atoms with Crippen LogP contribution in [0.3, 0.4) is 0 Å². The standard InChI is InChI=1S/C21H30O5.H2Se/c1-19-7-5-13(23)9-12(19)3-4-14-15-6-8-21(26,17(25)11-22)20(15,2)10-16(24)18(14)19;/h9,14-16,18,22,24,26H,3-8,10-11H2,1-2H3;1H2/t14-,15-,16-,18+,19-,20-,21-;/m0./s1. The second-order valence-corrected chi connectivity index (χ2v) is 9.56. The van der Waals surface area contributed by atoms with Gasteiger partial charge in [0.2, 0.25) is 0 Å². The molecule has 152 valence electrons. The maximum absolute atomic E-state index is 12.4. The van der Waals surface area contributed by atoms with E-state index < -0.39 is 29.5 Å². The summed E-state index contributed by atoms with van der Waals surface area (Å²) in [4.78, 5) is 24.3. The van der Waals surface area contributed by atoms with Gasteiger partial charge < -0.3 is 15.3 Å². The van der Waals surface area contributed by atoms with Gasteiger partial charge in [-0.3, -0.25) is 9.59 Å². The Bertz CT molecular complexity index is 690. The van der Waals surface area contributed by atoms with Crippen LogP contribution < -0.4 is 0 Å². The van der Waals surface area contributed by atoms with Gasteiger partial charge >= 0.3 is 17.1 Å². The van der Waals surface area contributed by atoms with Gasteiger partial charge in [-0.15, -0.1) is 0 Å². The van der Waals surface area contributed by atoms with Crippen molar-refractivity contribution in [2.75, 3.05) is 6.61 Å². The molecule has 0 saturated heterocycles. The zero-order valence-corrected chi connectivity index (χ0v) is 18.3. The van der Waals surface area contributed by atoms with Crippen molar-refractivity contribution in [3.63, 3.8) is 0 Å². The predicted octanol–water partition coefficient (Wildman–Crippen LogP) is 0.865. The summed E-state index contributed by atoms with van der Waals surface area (Å²) in [5, 5.41) is 31.7. The molecule has 0 unspecified atom stereocenters. The normalized spacial score (nSPS) is 48.6. The fraction of sp³-hybridized carbons (Fsp3) is 0.810. The van der Waals surface area contributed by atoms with Gasteiger partial charge in [-0.25, -0.2) is 0 Å². The Hall–Kier alpha value is -0.521. The first-order valence-corrected chi connectivity index (χ1v) is 9.96. The summed E-state index contributed by atoms with van der Waals surface area (Å²) in [5.41, 5.74) is -1.23. The van der Waals surface area contributed by atoms with Crippen LogP contribution in [0.5, 0.6) is 0 Å². The van der Waals surface area contributed by atoms with Crippen molar-refractivity contribution in [2.45, 2.75) is 70.5 Å². The average Bonchev–Trinajstić information content (AvgIpc) is 2.86. The average molecular weight is 443 g/mol. The van der Waals surface area contributed by atoms with Crippen molar-refractivity contribution >= 4 is 28.6 Å². The van der Waals surface area contributed by atoms with Crippen LogP contribution in [0.15, 0.2) is 11.6 Å². The minimum atomic E-state index is -1.54. The molecule has 0 aromatic rings. The molecule has 3 N–H and O–H groups in total. The molecule has 0 bridgehead atoms. The van der Waals surface area contributed by atoms with Crippen molar-refractivity contribution in [2.24, 2.45) is 28.6 Å². The number of hydrogen-bond donors (Lipinski definition) is 3. The molecule has 0 aliphatic heterocycles. The molecule has 4 rings (SSSR count). The quantitative estimate of drug-likeness (QED) is 0.551. The molecule has 4 aliphatic carbocycles. The third-order valence-electron chi connectivity index (χ3n) is 8.65. The summed E-state index contributed by atoms with van der Waals surface area (Å²) < 4.78 is 0. The summed E-state index contributed by atoms with van der Waals surface area (Å²) in [6, 6.07) is 0. The van der Waals surface area contributed by atoms with E-state index in [9.17, 15) is 24.9 Å². The van der Waals surface area contributed by atoms with E-state index in [1.807, 2.05) is 6.92 Å². The number of Topliss-reactive ketones (excluding diaryl/α,β-unsaturated/α-hetero) is 1. The maximum atomic E-state index is 12.4. The molecule has 0 aromatic heterocycles. The Balaban J connectivity index is 0.00000210. The van der Waals surface area contributed by atoms with E-state index in [-0.39, 0.29) is 46.0 Å². The molecule has 3 saturated carbocycles. The van der Waals surface area contributed by atoms with Crippen molar-refractivity contribution in [3.8, 4) is 0 Å². The van der Waals surface area contributed by atoms with Crippen molar-refractivity contribution in [3.05, 3.63) is 11.6 Å². The summed E-state index contributed by atoms with van der Waals surface area (Å²) in [6.07, 6.45) is 5.74. The minimum absolute atomic E-state index is 0. The third kappa shape index (κ3) is 2.67. The van der Waals surface area contributed by atoms with Gasteiger partial charge in [-0.05, 0) is 67.8 Å². The molecule has 27 heavy (non-hydrogen) atoms. The number of aliphatic hydroxyl groups excluding tert-OH is 2. The van der Waals surface area contributed by atoms with Gasteiger partial charge in [0, 0.05) is 11.8 Å². The molecular weight excluding hydrogens is 411 g/mol. The number of allylic oxidation sites excluding steroid dienone is 1. The Kier molecular flexibility index (Phi) is 5.32. The first-order chi connectivity index (χ1) is 12.2. The van der Waals surface area contributed by atoms with E-state index >= 15 is 0 Å². The van der Waals surface area contributed by atoms with Gasteiger partial charge in [-0.1, -0.05) is 19.4 Å². The van der Waals surface area contributed by atoms with Crippen LogP contribution in [0.4, 0.5) is 0 Å². The van der Waals surface area contributed by atoms with Crippen LogP contribution in [-0.2, 0) is 9.59 Å². The first kappa shape index (κ1) is 21.2. The number of hydrogen-bond acceptors (Lipinski definition) is 5. The van der Waals surface area contributed by atoms with Crippen LogP contribution in [-0.4, -0.2) is 62.3 Å². The topological polar surface area (TPSA) is 94.8 Å². The number of rotatable bonds is 2. The van der Waals surface area contributed by atoms with Crippen molar-refractivity contribution < 1.29 is 24.9 Å². The van der Waals surface area contributed by atoms with Gasteiger partial charge in [0.25, 0.3) is 0 Å². The number of aliphatic hydroxyl groups is 3. The molecule has 0 aromatic carbocycles. The van der Waals surface area contributed by atoms with Crippen LogP contribution in [0, 0.1) is 28.6 Å². The van der Waals surface area contributed by atoms with E-state index in [1.165, 1.54) is 5.57 Å². The Morgan fingerprint density at radius 3 is 2.59 bits per heavy atom. The fourth-order valence-corrected chi connectivity index (χ4v) is 7.28. The SMILES string of the molecule is C[C@]12CCC(=O)C=C1CC[C@@H]1[C@@H]2[C@@H](O)C[C@@]2(C)[C@H]1CC[C@]2(O)C(=O)CO.[SeH2]. The summed E-state index contributed by atoms with van der Waals surface area (Å²) in [7, 11) is 0. The van der Waals surface area contributed by atoms with Crippen molar-refractivity contribution in [1.82, 2.24) is 0 Å². The molecule has 0 amide bonds. The predicted molar refractivity (Wildman–Crippen MR) is 104 cm³/mol. The van der Waals surface area contributed by atoms with Crippen LogP contribution in [0.2, 0.25) is 0 Å². The molecule has 4 aliphatic rings. The molecule has 0 radical (unpaired) electrons. The Morgan fingerprint density at radius 2 is 1.93 bits per heavy atom. The molecule has 0 heterocycles. The summed E-state index contributed by atoms with van der Waals surface area (Å²) in [6.45, 7) is 3.46. The van der Waals surface area contributed by atoms with Gasteiger partial charge in [0.05, 0.1) is 6.10 Å². The summed E-state index contributed by atoms with van der Waals surface area (Å²) >= 11 is 0. The number of ketones is 2. The zero-order valence-electron chi connectivity index (χ0n) is 16.2. The fourth-order valence-electron chi connectivity index (χ4n) is 7.28. The third-order valence-corrected chi connectivity index (χ3v) is 8.65. The van der Waals surface area contributed by atoms with E-state index in [2.05, 4.69) is 6.92 Å². The van der Waals surface area contributed by atoms with E-state index in [1.54, 1.807) is 6.08 Å². The Labute approximate surface area is 171 Å². The van der Waals surface area contributed by atoms with Crippen molar-refractivity contribution in [1.29, 1.82) is 0 Å². The summed E-state index contributed by atoms with van der Waals surface area (Å²) in [5.74, 6) is 0.140. The molecule has 0 spiro atoms. The van der Waals surface area contributed by atoms with Gasteiger partial charge in [0.1, 0.15) is 12.2 Å². The van der Waals surface area contributed by atoms with Crippen LogP contribution in [0.1, 0.15) is 58.8 Å². The second-order valence-electron chi connectivity index (χ2n) is 9.56. The first-order valence-electron chi connectivity index (χ1n) is 9.96. The second kappa shape index (κ2) is 6.77. The van der Waals surface area contributed by atoms with Gasteiger partial charge in [-0.2, -0.15) is 0 Å². The zero-order chi connectivity index (χ0) is 18.9. The number of carbonyl (C=O) groups excluding carboxylic acids is 2. The molecule has 6 heteroatoms. The Morgan fingerprint density at radius 1 is 1.22 bits per heavy atom. The molecule has 3 fully saturated rings. The molecule has 5 nitrogen and oxygen atoms in total. The van der Waals surface area contributed by atoms with Crippen LogP contribution in [0.25, 0.3) is 0 Å².